The minimum atomic E-state index is -0.920. The van der Waals surface area contributed by atoms with Crippen LogP contribution in [-0.4, -0.2) is 90.1 Å². The highest BCUT2D eigenvalue weighted by Gasteiger charge is 2.85. The lowest BCUT2D eigenvalue weighted by Crippen LogP contribution is -2.66. The Balaban J connectivity index is 1.05. The van der Waals surface area contributed by atoms with Crippen molar-refractivity contribution in [2.75, 3.05) is 32.7 Å². The van der Waals surface area contributed by atoms with Gasteiger partial charge in [-0.05, 0) is 73.8 Å². The first kappa shape index (κ1) is 30.7. The second-order valence-corrected chi connectivity index (χ2v) is 14.9. The molecule has 3 amide bonds. The van der Waals surface area contributed by atoms with Gasteiger partial charge in [0.25, 0.3) is 0 Å². The number of hydrogen-bond donors (Lipinski definition) is 4. The molecule has 6 aliphatic rings. The van der Waals surface area contributed by atoms with E-state index in [4.69, 9.17) is 13.9 Å². The van der Waals surface area contributed by atoms with Crippen molar-refractivity contribution < 1.29 is 33.4 Å². The number of ether oxygens (including phenoxy) is 2. The van der Waals surface area contributed by atoms with Gasteiger partial charge < -0.3 is 34.9 Å². The Labute approximate surface area is 262 Å². The lowest BCUT2D eigenvalue weighted by Gasteiger charge is -2.64. The van der Waals surface area contributed by atoms with Crippen LogP contribution in [0, 0.1) is 22.7 Å². The Bertz CT molecular complexity index is 1410. The average Bonchev–Trinajstić information content (AvgIpc) is 3.68. The summed E-state index contributed by atoms with van der Waals surface area (Å²) in [5, 5.41) is 21.2. The highest BCUT2D eigenvalue weighted by atomic mass is 16.7. The standard InChI is InChI=1S/C33H46N4O8/c1-19(38)44-27-26(20-4-5-25(40)43-18-20)31(3)10-7-22-23(33(31)28(27)45-33)8-11-32(42)16-21(6-9-30(22,32)2)36-29(41)35-13-15-37-14-12-34-24(39)17-37/h4-5,18,21-23,26-28,42H,6-17H2,1-3H3,(H,34,39)(H2,35,36,41)/t21-,22-,23+,26-,27+,28+,30+,31+,32-,33+/m0/s1. The van der Waals surface area contributed by atoms with E-state index in [0.717, 1.165) is 44.2 Å². The molecule has 2 saturated heterocycles. The maximum Gasteiger partial charge on any atom is 0.335 e. The number of nitrogens with zero attached hydrogens (tertiary/aromatic N) is 1. The van der Waals surface area contributed by atoms with E-state index < -0.39 is 22.9 Å². The number of hydrogen-bond acceptors (Lipinski definition) is 9. The number of urea groups is 1. The van der Waals surface area contributed by atoms with Crippen molar-refractivity contribution in [3.63, 3.8) is 0 Å². The van der Waals surface area contributed by atoms with E-state index in [-0.39, 0.29) is 58.6 Å². The predicted octanol–water partition coefficient (Wildman–Crippen LogP) is 1.65. The Hall–Kier alpha value is -2.96. The zero-order valence-corrected chi connectivity index (χ0v) is 26.4. The average molecular weight is 627 g/mol. The van der Waals surface area contributed by atoms with Crippen LogP contribution in [0.5, 0.6) is 0 Å². The fraction of sp³-hybridized carbons (Fsp3) is 0.758. The van der Waals surface area contributed by atoms with Gasteiger partial charge in [0.1, 0.15) is 17.8 Å². The van der Waals surface area contributed by atoms with Gasteiger partial charge >= 0.3 is 17.6 Å². The number of aliphatic hydroxyl groups is 1. The molecule has 2 aliphatic heterocycles. The molecule has 4 aliphatic carbocycles. The number of esters is 1. The molecule has 0 aromatic carbocycles. The third kappa shape index (κ3) is 4.73. The van der Waals surface area contributed by atoms with Gasteiger partial charge in [0, 0.05) is 56.5 Å². The van der Waals surface area contributed by atoms with Gasteiger partial charge in [-0.15, -0.1) is 0 Å². The molecular formula is C33H46N4O8. The van der Waals surface area contributed by atoms with Crippen LogP contribution in [0.15, 0.2) is 27.6 Å². The predicted molar refractivity (Wildman–Crippen MR) is 161 cm³/mol. The van der Waals surface area contributed by atoms with Gasteiger partial charge in [-0.2, -0.15) is 0 Å². The summed E-state index contributed by atoms with van der Waals surface area (Å²) in [4.78, 5) is 50.5. The summed E-state index contributed by atoms with van der Waals surface area (Å²) >= 11 is 0. The zero-order chi connectivity index (χ0) is 31.8. The highest BCUT2D eigenvalue weighted by Crippen LogP contribution is 2.78. The summed E-state index contributed by atoms with van der Waals surface area (Å²) < 4.78 is 17.9. The third-order valence-electron chi connectivity index (χ3n) is 12.8. The molecule has 10 atom stereocenters. The largest absolute Gasteiger partial charge is 0.459 e. The van der Waals surface area contributed by atoms with E-state index in [1.165, 1.54) is 19.3 Å². The van der Waals surface area contributed by atoms with E-state index >= 15 is 0 Å². The summed E-state index contributed by atoms with van der Waals surface area (Å²) in [5.41, 5.74) is -1.65. The zero-order valence-electron chi connectivity index (χ0n) is 26.4. The molecule has 6 fully saturated rings. The maximum atomic E-state index is 12.8. The molecule has 1 aromatic heterocycles. The minimum Gasteiger partial charge on any atom is -0.459 e. The molecule has 246 valence electrons. The topological polar surface area (TPSA) is 163 Å². The number of nitrogens with one attached hydrogen (secondary N) is 3. The molecule has 45 heavy (non-hydrogen) atoms. The SMILES string of the molecule is CC(=O)O[C@H]1[C@H]2O[C@]23[C@@H]2CC[C@]4(O)C[C@@H](NC(=O)NCCN5CCNC(=O)C5)CC[C@]4(C)[C@H]2CC[C@]3(C)[C@H]1c1ccc(=O)oc1. The molecule has 3 heterocycles. The number of amides is 3. The van der Waals surface area contributed by atoms with Crippen LogP contribution < -0.4 is 21.6 Å². The molecule has 0 radical (unpaired) electrons. The van der Waals surface area contributed by atoms with Gasteiger partial charge in [-0.3, -0.25) is 14.5 Å². The van der Waals surface area contributed by atoms with Gasteiger partial charge in [0.15, 0.2) is 0 Å². The van der Waals surface area contributed by atoms with Gasteiger partial charge in [0.05, 0.1) is 18.4 Å². The molecule has 1 aromatic rings. The van der Waals surface area contributed by atoms with Gasteiger partial charge in [-0.25, -0.2) is 9.59 Å². The fourth-order valence-electron chi connectivity index (χ4n) is 10.7. The Kier molecular flexibility index (Phi) is 7.37. The smallest absolute Gasteiger partial charge is 0.335 e. The van der Waals surface area contributed by atoms with Gasteiger partial charge in [-0.1, -0.05) is 13.8 Å². The molecule has 0 unspecified atom stereocenters. The Morgan fingerprint density at radius 3 is 2.62 bits per heavy atom. The van der Waals surface area contributed by atoms with E-state index in [9.17, 15) is 24.3 Å². The van der Waals surface area contributed by atoms with E-state index in [2.05, 4.69) is 29.8 Å². The van der Waals surface area contributed by atoms with Gasteiger partial charge in [0.2, 0.25) is 5.91 Å². The Morgan fingerprint density at radius 2 is 1.89 bits per heavy atom. The number of piperazine rings is 1. The van der Waals surface area contributed by atoms with Crippen molar-refractivity contribution in [1.29, 1.82) is 0 Å². The van der Waals surface area contributed by atoms with Crippen LogP contribution in [0.1, 0.15) is 77.2 Å². The summed E-state index contributed by atoms with van der Waals surface area (Å²) in [7, 11) is 0. The normalized spacial score (nSPS) is 43.5. The van der Waals surface area contributed by atoms with Crippen molar-refractivity contribution in [3.8, 4) is 0 Å². The third-order valence-corrected chi connectivity index (χ3v) is 12.8. The van der Waals surface area contributed by atoms with Crippen molar-refractivity contribution in [2.24, 2.45) is 22.7 Å². The quantitative estimate of drug-likeness (QED) is 0.272. The first-order valence-corrected chi connectivity index (χ1v) is 16.6. The number of fused-ring (bicyclic) bond motifs is 3. The number of epoxide rings is 1. The van der Waals surface area contributed by atoms with Crippen LogP contribution in [0.25, 0.3) is 0 Å². The van der Waals surface area contributed by atoms with Crippen molar-refractivity contribution in [1.82, 2.24) is 20.9 Å². The lowest BCUT2D eigenvalue weighted by atomic mass is 9.42. The molecular weight excluding hydrogens is 580 g/mol. The molecule has 1 spiro atoms. The number of carbonyl (C=O) groups is 3. The van der Waals surface area contributed by atoms with Crippen LogP contribution in [0.4, 0.5) is 4.79 Å². The van der Waals surface area contributed by atoms with E-state index in [1.807, 2.05) is 4.90 Å². The summed E-state index contributed by atoms with van der Waals surface area (Å²) in [6.45, 7) is 8.70. The first-order chi connectivity index (χ1) is 21.4. The summed E-state index contributed by atoms with van der Waals surface area (Å²) in [6.07, 6.45) is 6.00. The van der Waals surface area contributed by atoms with E-state index in [1.54, 1.807) is 6.07 Å². The van der Waals surface area contributed by atoms with Crippen LogP contribution >= 0.6 is 0 Å². The summed E-state index contributed by atoms with van der Waals surface area (Å²) in [6, 6.07) is 2.85. The van der Waals surface area contributed by atoms with Crippen molar-refractivity contribution >= 4 is 17.9 Å². The Morgan fingerprint density at radius 1 is 1.11 bits per heavy atom. The maximum absolute atomic E-state index is 12.8. The fourth-order valence-corrected chi connectivity index (χ4v) is 10.7. The molecule has 4 saturated carbocycles. The lowest BCUT2D eigenvalue weighted by molar-refractivity contribution is -0.214. The van der Waals surface area contributed by atoms with Crippen LogP contribution in [0.2, 0.25) is 0 Å². The van der Waals surface area contributed by atoms with Crippen LogP contribution in [-0.2, 0) is 19.1 Å². The second kappa shape index (κ2) is 10.8. The molecule has 0 bridgehead atoms. The van der Waals surface area contributed by atoms with Crippen molar-refractivity contribution in [3.05, 3.63) is 34.4 Å². The first-order valence-electron chi connectivity index (χ1n) is 16.6. The molecule has 7 rings (SSSR count). The van der Waals surface area contributed by atoms with Crippen LogP contribution in [0.3, 0.4) is 0 Å². The molecule has 12 nitrogen and oxygen atoms in total. The molecule has 12 heteroatoms. The van der Waals surface area contributed by atoms with Crippen molar-refractivity contribution in [2.45, 2.75) is 101 Å². The molecule has 4 N–H and O–H groups in total. The minimum absolute atomic E-state index is 0.00732. The number of carbonyl (C=O) groups excluding carboxylic acids is 3. The second-order valence-electron chi connectivity index (χ2n) is 14.9. The monoisotopic (exact) mass is 626 g/mol. The number of rotatable bonds is 6. The summed E-state index contributed by atoms with van der Waals surface area (Å²) in [5.74, 6) is -0.102. The van der Waals surface area contributed by atoms with E-state index in [0.29, 0.717) is 39.0 Å². The highest BCUT2D eigenvalue weighted by molar-refractivity contribution is 5.78.